The number of rotatable bonds is 9. The van der Waals surface area contributed by atoms with Gasteiger partial charge in [-0.2, -0.15) is 0 Å². The topological polar surface area (TPSA) is 82.1 Å². The Hall–Kier alpha value is -2.28. The highest BCUT2D eigenvalue weighted by molar-refractivity contribution is 5.75. The van der Waals surface area contributed by atoms with Crippen LogP contribution >= 0.6 is 0 Å². The number of ether oxygens (including phenoxy) is 1. The minimum absolute atomic E-state index is 0.0491. The van der Waals surface area contributed by atoms with Gasteiger partial charge in [-0.3, -0.25) is 9.69 Å². The zero-order valence-corrected chi connectivity index (χ0v) is 16.6. The average Bonchev–Trinajstić information content (AvgIpc) is 2.63. The molecule has 1 atom stereocenters. The highest BCUT2D eigenvalue weighted by Crippen LogP contribution is 2.31. The van der Waals surface area contributed by atoms with Crippen LogP contribution in [0.15, 0.2) is 24.3 Å². The molecule has 1 aromatic carbocycles. The fourth-order valence-corrected chi connectivity index (χ4v) is 3.74. The molecule has 0 radical (unpaired) electrons. The number of para-hydroxylation sites is 1. The van der Waals surface area contributed by atoms with E-state index in [0.29, 0.717) is 6.54 Å². The van der Waals surface area contributed by atoms with Crippen LogP contribution in [0.5, 0.6) is 5.75 Å². The number of aliphatic carboxylic acids is 1. The zero-order chi connectivity index (χ0) is 20.0. The van der Waals surface area contributed by atoms with Crippen molar-refractivity contribution in [2.45, 2.75) is 51.2 Å². The number of hydrogen-bond acceptors (Lipinski definition) is 4. The number of hydrogen-bond donors (Lipinski definition) is 2. The molecule has 0 heterocycles. The molecule has 1 unspecified atom stereocenters. The van der Waals surface area contributed by atoms with Gasteiger partial charge in [0, 0.05) is 24.7 Å². The Bertz CT molecular complexity index is 646. The van der Waals surface area contributed by atoms with Gasteiger partial charge in [0.2, 0.25) is 0 Å². The van der Waals surface area contributed by atoms with E-state index < -0.39 is 5.97 Å². The summed E-state index contributed by atoms with van der Waals surface area (Å²) in [6.07, 6.45) is 2.35. The monoisotopic (exact) mass is 377 g/mol. The largest absolute Gasteiger partial charge is 0.496 e. The van der Waals surface area contributed by atoms with Crippen molar-refractivity contribution in [3.63, 3.8) is 0 Å². The number of benzene rings is 1. The average molecular weight is 377 g/mol. The number of nitrogens with zero attached hydrogens (tertiary/aromatic N) is 2. The van der Waals surface area contributed by atoms with Gasteiger partial charge in [0.05, 0.1) is 19.7 Å². The lowest BCUT2D eigenvalue weighted by Crippen LogP contribution is -2.56. The summed E-state index contributed by atoms with van der Waals surface area (Å²) in [4.78, 5) is 27.3. The summed E-state index contributed by atoms with van der Waals surface area (Å²) in [7, 11) is 3.44. The Balaban J connectivity index is 1.93. The summed E-state index contributed by atoms with van der Waals surface area (Å²) in [5.41, 5.74) is 0.991. The van der Waals surface area contributed by atoms with Crippen LogP contribution in [0.3, 0.4) is 0 Å². The van der Waals surface area contributed by atoms with Crippen molar-refractivity contribution in [2.75, 3.05) is 27.2 Å². The van der Waals surface area contributed by atoms with Gasteiger partial charge in [0.25, 0.3) is 0 Å². The van der Waals surface area contributed by atoms with Crippen molar-refractivity contribution in [1.82, 2.24) is 15.1 Å². The number of carbonyl (C=O) groups excluding carboxylic acids is 1. The van der Waals surface area contributed by atoms with Crippen LogP contribution in [-0.2, 0) is 4.79 Å². The molecule has 27 heavy (non-hydrogen) atoms. The van der Waals surface area contributed by atoms with Gasteiger partial charge in [-0.1, -0.05) is 32.0 Å². The van der Waals surface area contributed by atoms with E-state index in [1.165, 1.54) is 0 Å². The molecule has 1 saturated carbocycles. The Morgan fingerprint density at radius 2 is 1.96 bits per heavy atom. The van der Waals surface area contributed by atoms with Crippen LogP contribution in [0, 0.1) is 0 Å². The molecule has 0 spiro atoms. The predicted octanol–water partition coefficient (Wildman–Crippen LogP) is 2.73. The molecule has 1 fully saturated rings. The van der Waals surface area contributed by atoms with Crippen LogP contribution in [0.4, 0.5) is 4.79 Å². The molecule has 0 aliphatic heterocycles. The van der Waals surface area contributed by atoms with Gasteiger partial charge in [-0.15, -0.1) is 0 Å². The third kappa shape index (κ3) is 5.13. The molecule has 2 N–H and O–H groups in total. The van der Waals surface area contributed by atoms with E-state index in [1.807, 2.05) is 43.0 Å². The van der Waals surface area contributed by atoms with E-state index >= 15 is 0 Å². The van der Waals surface area contributed by atoms with Crippen molar-refractivity contribution in [1.29, 1.82) is 0 Å². The van der Waals surface area contributed by atoms with Gasteiger partial charge in [0.15, 0.2) is 0 Å². The molecule has 2 rings (SSSR count). The lowest BCUT2D eigenvalue weighted by atomic mass is 9.85. The van der Waals surface area contributed by atoms with Gasteiger partial charge in [-0.25, -0.2) is 4.79 Å². The summed E-state index contributed by atoms with van der Waals surface area (Å²) < 4.78 is 5.44. The number of amides is 2. The molecule has 7 heteroatoms. The third-order valence-corrected chi connectivity index (χ3v) is 5.37. The molecule has 1 aliphatic carbocycles. The van der Waals surface area contributed by atoms with Crippen molar-refractivity contribution in [3.8, 4) is 5.75 Å². The number of nitrogens with one attached hydrogen (secondary N) is 1. The number of urea groups is 1. The van der Waals surface area contributed by atoms with Crippen LogP contribution < -0.4 is 10.1 Å². The highest BCUT2D eigenvalue weighted by atomic mass is 16.5. The zero-order valence-electron chi connectivity index (χ0n) is 16.6. The first-order valence-corrected chi connectivity index (χ1v) is 9.53. The second kappa shape index (κ2) is 9.60. The normalized spacial score (nSPS) is 19.9. The summed E-state index contributed by atoms with van der Waals surface area (Å²) in [5.74, 6) is -0.0355. The summed E-state index contributed by atoms with van der Waals surface area (Å²) in [6.45, 7) is 4.75. The maximum Gasteiger partial charge on any atom is 0.317 e. The van der Waals surface area contributed by atoms with Gasteiger partial charge in [0.1, 0.15) is 5.75 Å². The Morgan fingerprint density at radius 1 is 1.30 bits per heavy atom. The van der Waals surface area contributed by atoms with E-state index in [1.54, 1.807) is 19.1 Å². The smallest absolute Gasteiger partial charge is 0.317 e. The van der Waals surface area contributed by atoms with E-state index in [4.69, 9.17) is 9.84 Å². The van der Waals surface area contributed by atoms with Crippen molar-refractivity contribution >= 4 is 12.0 Å². The molecule has 0 bridgehead atoms. The molecular formula is C20H31N3O4. The van der Waals surface area contributed by atoms with Crippen molar-refractivity contribution in [2.24, 2.45) is 0 Å². The maximum absolute atomic E-state index is 12.7. The summed E-state index contributed by atoms with van der Waals surface area (Å²) >= 11 is 0. The second-order valence-corrected chi connectivity index (χ2v) is 7.01. The SMILES string of the molecule is CCC(c1ccccc1OC)N(C)C(=O)NC1CC(N(CC)CC(=O)O)C1. The lowest BCUT2D eigenvalue weighted by Gasteiger charge is -2.43. The highest BCUT2D eigenvalue weighted by Gasteiger charge is 2.35. The van der Waals surface area contributed by atoms with Gasteiger partial charge < -0.3 is 20.1 Å². The molecule has 0 aromatic heterocycles. The Labute approximate surface area is 161 Å². The second-order valence-electron chi connectivity index (χ2n) is 7.01. The number of methoxy groups -OCH3 is 1. The van der Waals surface area contributed by atoms with Gasteiger partial charge in [-0.05, 0) is 31.9 Å². The Morgan fingerprint density at radius 3 is 2.52 bits per heavy atom. The Kier molecular flexibility index (Phi) is 7.47. The first-order valence-electron chi connectivity index (χ1n) is 9.53. The number of likely N-dealkylation sites (N-methyl/N-ethyl adjacent to an activating group) is 1. The van der Waals surface area contributed by atoms with Crippen LogP contribution in [0.1, 0.15) is 44.7 Å². The first kappa shape index (κ1) is 21.0. The fourth-order valence-electron chi connectivity index (χ4n) is 3.74. The standard InChI is InChI=1S/C20H31N3O4/c1-5-17(16-9-7-8-10-18(16)27-4)22(3)20(26)21-14-11-15(12-14)23(6-2)13-19(24)25/h7-10,14-15,17H,5-6,11-13H2,1-4H3,(H,21,26)(H,24,25). The minimum atomic E-state index is -0.813. The fraction of sp³-hybridized carbons (Fsp3) is 0.600. The molecule has 7 nitrogen and oxygen atoms in total. The summed E-state index contributed by atoms with van der Waals surface area (Å²) in [6, 6.07) is 7.88. The minimum Gasteiger partial charge on any atom is -0.496 e. The van der Waals surface area contributed by atoms with E-state index in [0.717, 1.165) is 30.6 Å². The molecule has 1 aliphatic rings. The first-order chi connectivity index (χ1) is 12.9. The summed E-state index contributed by atoms with van der Waals surface area (Å²) in [5, 5.41) is 12.1. The van der Waals surface area contributed by atoms with Crippen LogP contribution in [-0.4, -0.2) is 66.2 Å². The maximum atomic E-state index is 12.7. The molecule has 2 amide bonds. The molecular weight excluding hydrogens is 346 g/mol. The lowest BCUT2D eigenvalue weighted by molar-refractivity contribution is -0.139. The molecule has 0 saturated heterocycles. The van der Waals surface area contributed by atoms with E-state index in [-0.39, 0.29) is 30.7 Å². The van der Waals surface area contributed by atoms with Crippen LogP contribution in [0.2, 0.25) is 0 Å². The van der Waals surface area contributed by atoms with Crippen molar-refractivity contribution in [3.05, 3.63) is 29.8 Å². The predicted molar refractivity (Wildman–Crippen MR) is 104 cm³/mol. The number of carboxylic acids is 1. The number of carbonyl (C=O) groups is 2. The van der Waals surface area contributed by atoms with Gasteiger partial charge >= 0.3 is 12.0 Å². The quantitative estimate of drug-likeness (QED) is 0.691. The molecule has 1 aromatic rings. The van der Waals surface area contributed by atoms with Crippen molar-refractivity contribution < 1.29 is 19.4 Å². The van der Waals surface area contributed by atoms with E-state index in [2.05, 4.69) is 5.32 Å². The third-order valence-electron chi connectivity index (χ3n) is 5.37. The van der Waals surface area contributed by atoms with Crippen LogP contribution in [0.25, 0.3) is 0 Å². The number of carboxylic acid groups (broad SMARTS) is 1. The molecule has 150 valence electrons. The van der Waals surface area contributed by atoms with E-state index in [9.17, 15) is 9.59 Å².